The molecule has 2 N–H and O–H groups in total. The van der Waals surface area contributed by atoms with E-state index in [1.165, 1.54) is 42.0 Å². The van der Waals surface area contributed by atoms with Crippen molar-refractivity contribution in [2.45, 2.75) is 26.1 Å². The average molecular weight is 560 g/mol. The monoisotopic (exact) mass is 559 g/mol. The summed E-state index contributed by atoms with van der Waals surface area (Å²) in [5.41, 5.74) is -0.531. The number of pyridine rings is 1. The van der Waals surface area contributed by atoms with Crippen molar-refractivity contribution < 1.29 is 37.2 Å². The highest BCUT2D eigenvalue weighted by Crippen LogP contribution is 2.38. The summed E-state index contributed by atoms with van der Waals surface area (Å²) in [7, 11) is 3.66. The van der Waals surface area contributed by atoms with E-state index >= 15 is 0 Å². The van der Waals surface area contributed by atoms with Crippen molar-refractivity contribution >= 4 is 23.6 Å². The number of aliphatic hydroxyl groups excluding tert-OH is 1. The molecule has 1 aromatic heterocycles. The molecular weight excluding hydrogens is 529 g/mol. The van der Waals surface area contributed by atoms with Crippen LogP contribution in [0.15, 0.2) is 53.9 Å². The standard InChI is InChI=1S/C27H29F3N6O4/c1-5-40-25(38)23-17(2)36(21-8-6-7-19(13-21)27(28,29)30)26(39)35(16-22(37)32-11-12-34(3)4)24(23)18-9-10-20(14-31)33-15-18/h6-10,13,15,24H,5,11-12,16H2,1-4H3,(H,32,37)/p+1. The number of amidine groups is 1. The fraction of sp³-hybridized carbons (Fsp3) is 0.370. The van der Waals surface area contributed by atoms with E-state index in [0.717, 1.165) is 17.0 Å². The number of likely N-dealkylation sites (N-methyl/N-ethyl adjacent to an activating group) is 1. The number of esters is 1. The van der Waals surface area contributed by atoms with Crippen molar-refractivity contribution in [2.75, 3.05) is 45.2 Å². The highest BCUT2D eigenvalue weighted by molar-refractivity contribution is 5.99. The quantitative estimate of drug-likeness (QED) is 0.355. The van der Waals surface area contributed by atoms with Crippen LogP contribution in [0.5, 0.6) is 0 Å². The van der Waals surface area contributed by atoms with Crippen LogP contribution in [0.3, 0.4) is 0 Å². The summed E-state index contributed by atoms with van der Waals surface area (Å²) in [6.07, 6.45) is -3.33. The molecule has 10 nitrogen and oxygen atoms in total. The second-order valence-electron chi connectivity index (χ2n) is 9.18. The summed E-state index contributed by atoms with van der Waals surface area (Å²) in [5, 5.41) is 23.4. The number of anilines is 1. The third-order valence-electron chi connectivity index (χ3n) is 6.11. The van der Waals surface area contributed by atoms with Crippen LogP contribution in [0.4, 0.5) is 18.9 Å². The first-order valence-corrected chi connectivity index (χ1v) is 12.3. The van der Waals surface area contributed by atoms with Crippen LogP contribution in [0, 0.1) is 11.3 Å². The van der Waals surface area contributed by atoms with Crippen LogP contribution in [0.2, 0.25) is 0 Å². The van der Waals surface area contributed by atoms with Crippen LogP contribution >= 0.6 is 0 Å². The third-order valence-corrected chi connectivity index (χ3v) is 6.11. The van der Waals surface area contributed by atoms with Gasteiger partial charge in [-0.3, -0.25) is 4.79 Å². The number of amides is 1. The maximum Gasteiger partial charge on any atom is 0.455 e. The number of benzene rings is 1. The lowest BCUT2D eigenvalue weighted by Gasteiger charge is -2.31. The van der Waals surface area contributed by atoms with E-state index in [0.29, 0.717) is 18.7 Å². The van der Waals surface area contributed by atoms with E-state index in [4.69, 9.17) is 4.74 Å². The Morgan fingerprint density at radius 3 is 2.58 bits per heavy atom. The zero-order valence-electron chi connectivity index (χ0n) is 22.5. The van der Waals surface area contributed by atoms with Crippen LogP contribution in [0.1, 0.15) is 36.7 Å². The fourth-order valence-corrected chi connectivity index (χ4v) is 4.24. The van der Waals surface area contributed by atoms with Gasteiger partial charge in [-0.15, -0.1) is 0 Å². The molecule has 1 atom stereocenters. The number of nitrogens with one attached hydrogen (secondary N) is 1. The summed E-state index contributed by atoms with van der Waals surface area (Å²) >= 11 is 0. The normalized spacial score (nSPS) is 15.8. The molecule has 0 bridgehead atoms. The Morgan fingerprint density at radius 2 is 2.00 bits per heavy atom. The van der Waals surface area contributed by atoms with Crippen molar-refractivity contribution in [3.8, 4) is 6.07 Å². The molecule has 2 heterocycles. The molecule has 0 saturated heterocycles. The molecule has 1 unspecified atom stereocenters. The number of nitrogens with zero attached hydrogens (tertiary/aromatic N) is 5. The van der Waals surface area contributed by atoms with E-state index < -0.39 is 42.2 Å². The minimum absolute atomic E-state index is 0.00176. The van der Waals surface area contributed by atoms with Gasteiger partial charge in [0.25, 0.3) is 5.91 Å². The van der Waals surface area contributed by atoms with Crippen molar-refractivity contribution in [3.05, 3.63) is 70.7 Å². The van der Waals surface area contributed by atoms with Gasteiger partial charge in [-0.1, -0.05) is 12.1 Å². The Labute approximate surface area is 229 Å². The third kappa shape index (κ3) is 6.76. The smallest absolute Gasteiger partial charge is 0.455 e. The maximum absolute atomic E-state index is 13.5. The number of carbonyl (C=O) groups is 2. The molecule has 1 amide bonds. The number of nitriles is 1. The number of rotatable bonds is 9. The molecular formula is C27H30F3N6O4+. The van der Waals surface area contributed by atoms with Gasteiger partial charge in [0.15, 0.2) is 12.6 Å². The molecule has 1 aliphatic rings. The summed E-state index contributed by atoms with van der Waals surface area (Å²) in [6.45, 7) is 3.42. The Hall–Kier alpha value is -4.44. The number of halogens is 3. The largest absolute Gasteiger partial charge is 0.462 e. The van der Waals surface area contributed by atoms with Gasteiger partial charge in [0.05, 0.1) is 12.2 Å². The zero-order valence-corrected chi connectivity index (χ0v) is 22.5. The van der Waals surface area contributed by atoms with Crippen LogP contribution in [-0.2, 0) is 20.5 Å². The van der Waals surface area contributed by atoms with Gasteiger partial charge >= 0.3 is 18.2 Å². The molecule has 0 spiro atoms. The fourth-order valence-electron chi connectivity index (χ4n) is 4.24. The molecule has 2 aromatic rings. The number of aromatic nitrogens is 1. The van der Waals surface area contributed by atoms with E-state index in [1.807, 2.05) is 25.1 Å². The molecule has 0 fully saturated rings. The first kappa shape index (κ1) is 30.1. The second kappa shape index (κ2) is 12.6. The number of carbonyl (C=O) groups excluding carboxylic acids is 2. The molecule has 1 aromatic carbocycles. The molecule has 3 rings (SSSR count). The van der Waals surface area contributed by atoms with E-state index in [-0.39, 0.29) is 29.3 Å². The summed E-state index contributed by atoms with van der Waals surface area (Å²) < 4.78 is 47.1. The van der Waals surface area contributed by atoms with E-state index in [1.54, 1.807) is 6.92 Å². The SMILES string of the molecule is CCOC(=O)C1=C(C)N(c2cccc(C(F)(F)F)c2)C(O)=[N+](CC(=O)NCCN(C)C)C1c1ccc(C#N)nc1. The van der Waals surface area contributed by atoms with Crippen molar-refractivity contribution in [3.63, 3.8) is 0 Å². The maximum atomic E-state index is 13.5. The summed E-state index contributed by atoms with van der Waals surface area (Å²) in [6, 6.07) is 7.39. The highest BCUT2D eigenvalue weighted by atomic mass is 19.4. The molecule has 0 saturated carbocycles. The number of allylic oxidation sites excluding steroid dienone is 1. The predicted octanol–water partition coefficient (Wildman–Crippen LogP) is 2.97. The van der Waals surface area contributed by atoms with Gasteiger partial charge in [0.1, 0.15) is 28.7 Å². The number of ether oxygens (including phenoxy) is 1. The molecule has 40 heavy (non-hydrogen) atoms. The molecule has 0 radical (unpaired) electrons. The number of hydrogen-bond donors (Lipinski definition) is 2. The van der Waals surface area contributed by atoms with Gasteiger partial charge in [-0.2, -0.15) is 23.3 Å². The van der Waals surface area contributed by atoms with Gasteiger partial charge in [0, 0.05) is 24.8 Å². The van der Waals surface area contributed by atoms with E-state index in [2.05, 4.69) is 10.3 Å². The average Bonchev–Trinajstić information content (AvgIpc) is 2.89. The molecule has 1 aliphatic heterocycles. The predicted molar refractivity (Wildman–Crippen MR) is 139 cm³/mol. The first-order chi connectivity index (χ1) is 18.9. The lowest BCUT2D eigenvalue weighted by atomic mass is 9.95. The Kier molecular flexibility index (Phi) is 9.49. The van der Waals surface area contributed by atoms with Crippen molar-refractivity contribution in [1.82, 2.24) is 15.2 Å². The first-order valence-electron chi connectivity index (χ1n) is 12.3. The highest BCUT2D eigenvalue weighted by Gasteiger charge is 2.46. The minimum Gasteiger partial charge on any atom is -0.462 e. The van der Waals surface area contributed by atoms with Gasteiger partial charge in [0.2, 0.25) is 0 Å². The zero-order chi connectivity index (χ0) is 29.6. The second-order valence-corrected chi connectivity index (χ2v) is 9.18. The molecule has 13 heteroatoms. The van der Waals surface area contributed by atoms with Crippen molar-refractivity contribution in [2.24, 2.45) is 0 Å². The van der Waals surface area contributed by atoms with Crippen molar-refractivity contribution in [1.29, 1.82) is 5.26 Å². The van der Waals surface area contributed by atoms with Crippen LogP contribution in [-0.4, -0.2) is 77.8 Å². The lowest BCUT2D eigenvalue weighted by molar-refractivity contribution is -0.561. The topological polar surface area (TPSA) is 122 Å². The van der Waals surface area contributed by atoms with Gasteiger partial charge in [-0.05, 0) is 52.2 Å². The lowest BCUT2D eigenvalue weighted by Crippen LogP contribution is -2.49. The summed E-state index contributed by atoms with van der Waals surface area (Å²) in [4.78, 5) is 33.3. The van der Waals surface area contributed by atoms with Gasteiger partial charge < -0.3 is 20.1 Å². The number of alkyl halides is 3. The Bertz CT molecular complexity index is 1360. The number of hydrogen-bond acceptors (Lipinski definition) is 7. The Balaban J connectivity index is 2.23. The Morgan fingerprint density at radius 1 is 1.27 bits per heavy atom. The number of aliphatic hydroxyl groups is 1. The summed E-state index contributed by atoms with van der Waals surface area (Å²) in [5.74, 6) is -1.30. The molecule has 0 aliphatic carbocycles. The minimum atomic E-state index is -4.66. The van der Waals surface area contributed by atoms with Gasteiger partial charge in [-0.25, -0.2) is 14.4 Å². The molecule has 212 valence electrons. The van der Waals surface area contributed by atoms with Crippen LogP contribution < -0.4 is 10.2 Å². The van der Waals surface area contributed by atoms with E-state index in [9.17, 15) is 33.1 Å². The van der Waals surface area contributed by atoms with Crippen LogP contribution in [0.25, 0.3) is 0 Å².